The zero-order valence-corrected chi connectivity index (χ0v) is 16.6. The van der Waals surface area contributed by atoms with E-state index in [1.54, 1.807) is 18.2 Å². The largest absolute Gasteiger partial charge is 0.339 e. The lowest BCUT2D eigenvalue weighted by molar-refractivity contribution is 0.0738. The SMILES string of the molecule is N#Cc1ccccc1C(=O)N1CCC[C@]2(CCCN2Cc2ccc(F)cc2)CC1. The summed E-state index contributed by atoms with van der Waals surface area (Å²) in [6.07, 6.45) is 5.27. The normalized spacial score (nSPS) is 22.4. The molecule has 4 rings (SSSR count). The van der Waals surface area contributed by atoms with Gasteiger partial charge in [0.05, 0.1) is 17.2 Å². The maximum Gasteiger partial charge on any atom is 0.255 e. The lowest BCUT2D eigenvalue weighted by atomic mass is 9.87. The Balaban J connectivity index is 1.48. The maximum absolute atomic E-state index is 13.2. The fourth-order valence-corrected chi connectivity index (χ4v) is 4.94. The fourth-order valence-electron chi connectivity index (χ4n) is 4.94. The second-order valence-electron chi connectivity index (χ2n) is 8.18. The van der Waals surface area contributed by atoms with Crippen molar-refractivity contribution in [1.82, 2.24) is 9.80 Å². The van der Waals surface area contributed by atoms with Gasteiger partial charge in [0.2, 0.25) is 0 Å². The van der Waals surface area contributed by atoms with Crippen molar-refractivity contribution in [1.29, 1.82) is 5.26 Å². The molecule has 1 amide bonds. The molecule has 0 unspecified atom stereocenters. The van der Waals surface area contributed by atoms with E-state index in [0.29, 0.717) is 17.7 Å². The molecule has 1 atom stereocenters. The zero-order chi connectivity index (χ0) is 20.3. The van der Waals surface area contributed by atoms with Gasteiger partial charge in [0.15, 0.2) is 0 Å². The molecule has 0 bridgehead atoms. The van der Waals surface area contributed by atoms with E-state index in [-0.39, 0.29) is 17.3 Å². The van der Waals surface area contributed by atoms with Gasteiger partial charge < -0.3 is 4.90 Å². The summed E-state index contributed by atoms with van der Waals surface area (Å²) in [7, 11) is 0. The second kappa shape index (κ2) is 8.34. The summed E-state index contributed by atoms with van der Waals surface area (Å²) in [6, 6.07) is 16.0. The minimum absolute atomic E-state index is 0.0396. The summed E-state index contributed by atoms with van der Waals surface area (Å²) in [6.45, 7) is 3.30. The Labute approximate surface area is 171 Å². The van der Waals surface area contributed by atoms with Crippen molar-refractivity contribution in [2.45, 2.75) is 44.2 Å². The second-order valence-corrected chi connectivity index (χ2v) is 8.18. The van der Waals surface area contributed by atoms with Crippen LogP contribution in [0, 0.1) is 17.1 Å². The predicted octanol–water partition coefficient (Wildman–Crippen LogP) is 4.36. The molecule has 0 N–H and O–H groups in total. The molecular formula is C24H26FN3O. The van der Waals surface area contributed by atoms with Crippen LogP contribution in [0.2, 0.25) is 0 Å². The van der Waals surface area contributed by atoms with E-state index in [4.69, 9.17) is 0 Å². The van der Waals surface area contributed by atoms with E-state index in [2.05, 4.69) is 11.0 Å². The third kappa shape index (κ3) is 4.04. The highest BCUT2D eigenvalue weighted by Crippen LogP contribution is 2.39. The number of carbonyl (C=O) groups is 1. The summed E-state index contributed by atoms with van der Waals surface area (Å²) >= 11 is 0. The number of hydrogen-bond acceptors (Lipinski definition) is 3. The third-order valence-corrected chi connectivity index (χ3v) is 6.51. The number of rotatable bonds is 3. The number of nitriles is 1. The summed E-state index contributed by atoms with van der Waals surface area (Å²) in [4.78, 5) is 17.5. The molecular weight excluding hydrogens is 365 g/mol. The van der Waals surface area contributed by atoms with Gasteiger partial charge in [0.1, 0.15) is 5.82 Å². The number of amides is 1. The van der Waals surface area contributed by atoms with Crippen molar-refractivity contribution in [3.8, 4) is 6.07 Å². The Morgan fingerprint density at radius 1 is 1.00 bits per heavy atom. The molecule has 1 spiro atoms. The molecule has 29 heavy (non-hydrogen) atoms. The van der Waals surface area contributed by atoms with Gasteiger partial charge in [-0.3, -0.25) is 9.69 Å². The van der Waals surface area contributed by atoms with E-state index in [1.165, 1.54) is 12.1 Å². The van der Waals surface area contributed by atoms with Crippen LogP contribution in [0.5, 0.6) is 0 Å². The maximum atomic E-state index is 13.2. The molecule has 4 nitrogen and oxygen atoms in total. The van der Waals surface area contributed by atoms with E-state index < -0.39 is 0 Å². The predicted molar refractivity (Wildman–Crippen MR) is 110 cm³/mol. The zero-order valence-electron chi connectivity index (χ0n) is 16.6. The number of nitrogens with zero attached hydrogens (tertiary/aromatic N) is 3. The van der Waals surface area contributed by atoms with Gasteiger partial charge in [-0.25, -0.2) is 4.39 Å². The van der Waals surface area contributed by atoms with E-state index >= 15 is 0 Å². The first-order valence-electron chi connectivity index (χ1n) is 10.4. The molecule has 0 aliphatic carbocycles. The first-order valence-corrected chi connectivity index (χ1v) is 10.4. The number of halogens is 1. The summed E-state index contributed by atoms with van der Waals surface area (Å²) in [5.41, 5.74) is 2.18. The van der Waals surface area contributed by atoms with Crippen LogP contribution in [0.4, 0.5) is 4.39 Å². The van der Waals surface area contributed by atoms with Gasteiger partial charge in [0, 0.05) is 25.2 Å². The number of carbonyl (C=O) groups excluding carboxylic acids is 1. The molecule has 2 fully saturated rings. The van der Waals surface area contributed by atoms with Crippen molar-refractivity contribution >= 4 is 5.91 Å². The first kappa shape index (κ1) is 19.6. The number of hydrogen-bond donors (Lipinski definition) is 0. The summed E-state index contributed by atoms with van der Waals surface area (Å²) < 4.78 is 13.2. The van der Waals surface area contributed by atoms with Crippen LogP contribution in [0.15, 0.2) is 48.5 Å². The van der Waals surface area contributed by atoms with Crippen LogP contribution in [-0.2, 0) is 6.54 Å². The van der Waals surface area contributed by atoms with Crippen LogP contribution in [0.1, 0.15) is 53.6 Å². The number of benzene rings is 2. The molecule has 2 aromatic rings. The molecule has 2 heterocycles. The van der Waals surface area contributed by atoms with Crippen molar-refractivity contribution < 1.29 is 9.18 Å². The van der Waals surface area contributed by atoms with Crippen molar-refractivity contribution in [3.63, 3.8) is 0 Å². The Hall–Kier alpha value is -2.71. The molecule has 0 aromatic heterocycles. The van der Waals surface area contributed by atoms with Gasteiger partial charge >= 0.3 is 0 Å². The first-order chi connectivity index (χ1) is 14.1. The van der Waals surface area contributed by atoms with Crippen molar-refractivity contribution in [2.24, 2.45) is 0 Å². The van der Waals surface area contributed by atoms with E-state index in [0.717, 1.165) is 57.3 Å². The van der Waals surface area contributed by atoms with E-state index in [9.17, 15) is 14.4 Å². The molecule has 0 radical (unpaired) electrons. The number of likely N-dealkylation sites (tertiary alicyclic amines) is 2. The quantitative estimate of drug-likeness (QED) is 0.781. The lowest BCUT2D eigenvalue weighted by Gasteiger charge is -2.38. The highest BCUT2D eigenvalue weighted by atomic mass is 19.1. The molecule has 0 saturated carbocycles. The topological polar surface area (TPSA) is 47.3 Å². The summed E-state index contributed by atoms with van der Waals surface area (Å²) in [5.74, 6) is -0.242. The van der Waals surface area contributed by atoms with Crippen LogP contribution in [0.25, 0.3) is 0 Å². The Morgan fingerprint density at radius 2 is 1.72 bits per heavy atom. The third-order valence-electron chi connectivity index (χ3n) is 6.51. The average Bonchev–Trinajstić information content (AvgIpc) is 2.99. The minimum atomic E-state index is -0.203. The average molecular weight is 391 g/mol. The van der Waals surface area contributed by atoms with Crippen LogP contribution in [0.3, 0.4) is 0 Å². The molecule has 2 aliphatic rings. The lowest BCUT2D eigenvalue weighted by Crippen LogP contribution is -2.44. The molecule has 5 heteroatoms. The molecule has 150 valence electrons. The highest BCUT2D eigenvalue weighted by molar-refractivity contribution is 5.96. The minimum Gasteiger partial charge on any atom is -0.339 e. The summed E-state index contributed by atoms with van der Waals surface area (Å²) in [5, 5.41) is 9.33. The highest BCUT2D eigenvalue weighted by Gasteiger charge is 2.42. The van der Waals surface area contributed by atoms with Crippen molar-refractivity contribution in [2.75, 3.05) is 19.6 Å². The Bertz CT molecular complexity index is 920. The van der Waals surface area contributed by atoms with Crippen LogP contribution >= 0.6 is 0 Å². The standard InChI is InChI=1S/C24H26FN3O/c25-21-9-7-19(8-10-21)18-28-15-4-12-24(28)11-3-14-27(16-13-24)23(29)22-6-2-1-5-20(22)17-26/h1-2,5-10H,3-4,11-16,18H2/t24-/m0/s1. The van der Waals surface area contributed by atoms with Crippen LogP contribution < -0.4 is 0 Å². The Kier molecular flexibility index (Phi) is 5.64. The van der Waals surface area contributed by atoms with Gasteiger partial charge in [-0.15, -0.1) is 0 Å². The van der Waals surface area contributed by atoms with Crippen LogP contribution in [-0.4, -0.2) is 40.9 Å². The van der Waals surface area contributed by atoms with Gasteiger partial charge in [-0.1, -0.05) is 24.3 Å². The van der Waals surface area contributed by atoms with Gasteiger partial charge in [-0.2, -0.15) is 5.26 Å². The van der Waals surface area contributed by atoms with E-state index in [1.807, 2.05) is 23.1 Å². The Morgan fingerprint density at radius 3 is 2.48 bits per heavy atom. The smallest absolute Gasteiger partial charge is 0.255 e. The molecule has 2 aliphatic heterocycles. The monoisotopic (exact) mass is 391 g/mol. The van der Waals surface area contributed by atoms with Gasteiger partial charge in [0.25, 0.3) is 5.91 Å². The molecule has 2 aromatic carbocycles. The fraction of sp³-hybridized carbons (Fsp3) is 0.417. The molecule has 2 saturated heterocycles. The van der Waals surface area contributed by atoms with Gasteiger partial charge in [-0.05, 0) is 68.5 Å². The van der Waals surface area contributed by atoms with Crippen molar-refractivity contribution in [3.05, 3.63) is 71.0 Å².